The molecule has 0 bridgehead atoms. The maximum absolute atomic E-state index is 11.4. The summed E-state index contributed by atoms with van der Waals surface area (Å²) in [7, 11) is -2.62. The predicted octanol–water partition coefficient (Wildman–Crippen LogP) is 4.56. The van der Waals surface area contributed by atoms with Crippen LogP contribution in [0.25, 0.3) is 0 Å². The second kappa shape index (κ2) is 9.21. The highest BCUT2D eigenvalue weighted by Crippen LogP contribution is 2.41. The third kappa shape index (κ3) is 4.51. The molecule has 2 aromatic carbocycles. The first-order valence-corrected chi connectivity index (χ1v) is 13.2. The van der Waals surface area contributed by atoms with E-state index in [1.54, 1.807) is 0 Å². The highest BCUT2D eigenvalue weighted by Gasteiger charge is 2.52. The summed E-state index contributed by atoms with van der Waals surface area (Å²) in [6.07, 6.45) is 2.71. The molecule has 33 heavy (non-hydrogen) atoms. The monoisotopic (exact) mass is 482 g/mol. The first kappa shape index (κ1) is 23.3. The Bertz CT molecular complexity index is 1080. The van der Waals surface area contributed by atoms with Gasteiger partial charge in [0, 0.05) is 12.1 Å². The van der Waals surface area contributed by atoms with Crippen molar-refractivity contribution in [1.82, 2.24) is 9.97 Å². The molecular weight excluding hydrogens is 456 g/mol. The second-order valence-electron chi connectivity index (χ2n) is 9.33. The van der Waals surface area contributed by atoms with Gasteiger partial charge in [-0.25, -0.2) is 9.97 Å². The van der Waals surface area contributed by atoms with Gasteiger partial charge in [-0.1, -0.05) is 93.0 Å². The van der Waals surface area contributed by atoms with Gasteiger partial charge >= 0.3 is 5.69 Å². The molecule has 9 heteroatoms. The molecule has 0 amide bonds. The van der Waals surface area contributed by atoms with Crippen LogP contribution in [-0.2, 0) is 4.43 Å². The van der Waals surface area contributed by atoms with Crippen LogP contribution in [0.1, 0.15) is 33.6 Å². The van der Waals surface area contributed by atoms with Crippen molar-refractivity contribution in [3.05, 3.63) is 82.3 Å². The number of aromatic nitrogens is 2. The summed E-state index contributed by atoms with van der Waals surface area (Å²) in [4.78, 5) is 18.6. The Morgan fingerprint density at radius 2 is 1.58 bits per heavy atom. The van der Waals surface area contributed by atoms with Gasteiger partial charge in [0.15, 0.2) is 0 Å². The molecule has 172 valence electrons. The molecule has 1 N–H and O–H groups in total. The third-order valence-corrected chi connectivity index (χ3v) is 11.5. The van der Waals surface area contributed by atoms with E-state index in [9.17, 15) is 10.1 Å². The molecule has 1 heterocycles. The van der Waals surface area contributed by atoms with Gasteiger partial charge in [0.25, 0.3) is 8.32 Å². The van der Waals surface area contributed by atoms with Crippen LogP contribution >= 0.6 is 11.6 Å². The minimum absolute atomic E-state index is 0.0119. The van der Waals surface area contributed by atoms with E-state index in [0.717, 1.165) is 12.8 Å². The van der Waals surface area contributed by atoms with Crippen LogP contribution in [0.2, 0.25) is 10.2 Å². The molecule has 1 saturated carbocycles. The zero-order valence-electron chi connectivity index (χ0n) is 18.9. The van der Waals surface area contributed by atoms with E-state index < -0.39 is 13.2 Å². The lowest BCUT2D eigenvalue weighted by atomic mass is 9.89. The van der Waals surface area contributed by atoms with E-state index in [-0.39, 0.29) is 33.8 Å². The molecule has 7 nitrogen and oxygen atoms in total. The molecule has 1 aliphatic carbocycles. The summed E-state index contributed by atoms with van der Waals surface area (Å²) in [5.74, 6) is 0.147. The molecule has 0 saturated heterocycles. The van der Waals surface area contributed by atoms with Crippen LogP contribution in [0.4, 0.5) is 11.5 Å². The number of hydrogen-bond donors (Lipinski definition) is 1. The predicted molar refractivity (Wildman–Crippen MR) is 133 cm³/mol. The zero-order valence-corrected chi connectivity index (χ0v) is 20.6. The number of nitrogens with zero attached hydrogens (tertiary/aromatic N) is 3. The highest BCUT2D eigenvalue weighted by molar-refractivity contribution is 6.99. The molecule has 0 spiro atoms. The lowest BCUT2D eigenvalue weighted by molar-refractivity contribution is -0.384. The molecular formula is C24H27ClN4O3Si. The van der Waals surface area contributed by atoms with E-state index in [1.807, 2.05) is 12.1 Å². The Hall–Kier alpha value is -2.81. The Balaban J connectivity index is 1.59. The SMILES string of the molecule is CC(C)(C)[Si](OC1CC(Nc2ncnc(Cl)c2[N+](=O)[O-])C1)(c1ccccc1)c1ccccc1. The second-order valence-corrected chi connectivity index (χ2v) is 13.9. The molecule has 0 atom stereocenters. The van der Waals surface area contributed by atoms with E-state index in [1.165, 1.54) is 16.7 Å². The number of hydrogen-bond acceptors (Lipinski definition) is 6. The number of halogens is 1. The summed E-state index contributed by atoms with van der Waals surface area (Å²) < 4.78 is 7.09. The van der Waals surface area contributed by atoms with Crippen LogP contribution in [0.15, 0.2) is 67.0 Å². The summed E-state index contributed by atoms with van der Waals surface area (Å²) in [6, 6.07) is 21.0. The van der Waals surface area contributed by atoms with E-state index in [2.05, 4.69) is 84.6 Å². The van der Waals surface area contributed by atoms with Crippen molar-refractivity contribution in [3.8, 4) is 0 Å². The number of benzene rings is 2. The lowest BCUT2D eigenvalue weighted by Crippen LogP contribution is -2.69. The van der Waals surface area contributed by atoms with Crippen LogP contribution in [-0.4, -0.2) is 35.4 Å². The van der Waals surface area contributed by atoms with Gasteiger partial charge in [-0.15, -0.1) is 0 Å². The Morgan fingerprint density at radius 1 is 1.03 bits per heavy atom. The van der Waals surface area contributed by atoms with Crippen molar-refractivity contribution in [2.24, 2.45) is 0 Å². The summed E-state index contributed by atoms with van der Waals surface area (Å²) in [5.41, 5.74) is -0.296. The Kier molecular flexibility index (Phi) is 6.51. The Morgan fingerprint density at radius 3 is 2.06 bits per heavy atom. The molecule has 0 unspecified atom stereocenters. The fourth-order valence-corrected chi connectivity index (χ4v) is 9.45. The maximum Gasteiger partial charge on any atom is 0.348 e. The molecule has 1 aliphatic rings. The summed E-state index contributed by atoms with van der Waals surface area (Å²) in [6.45, 7) is 6.75. The van der Waals surface area contributed by atoms with Gasteiger partial charge in [-0.2, -0.15) is 0 Å². The number of anilines is 1. The average molecular weight is 483 g/mol. The summed E-state index contributed by atoms with van der Waals surface area (Å²) >= 11 is 5.92. The maximum atomic E-state index is 11.4. The summed E-state index contributed by atoms with van der Waals surface area (Å²) in [5, 5.41) is 16.7. The molecule has 1 fully saturated rings. The van der Waals surface area contributed by atoms with Crippen molar-refractivity contribution in [2.45, 2.75) is 50.8 Å². The van der Waals surface area contributed by atoms with Gasteiger partial charge in [0.05, 0.1) is 4.92 Å². The van der Waals surface area contributed by atoms with Crippen LogP contribution in [0, 0.1) is 10.1 Å². The zero-order chi connectivity index (χ0) is 23.6. The normalized spacial score (nSPS) is 18.4. The quantitative estimate of drug-likeness (QED) is 0.230. The Labute approximate surface area is 199 Å². The first-order chi connectivity index (χ1) is 15.7. The standard InChI is InChI=1S/C24H27ClN4O3Si/c1-24(2,3)33(19-10-6-4-7-11-19,20-12-8-5-9-13-20)32-18-14-17(15-18)28-23-21(29(30)31)22(25)26-16-27-23/h4-13,16-18H,14-15H2,1-3H3,(H,26,27,28). The van der Waals surface area contributed by atoms with Crippen molar-refractivity contribution in [3.63, 3.8) is 0 Å². The van der Waals surface area contributed by atoms with Crippen molar-refractivity contribution in [1.29, 1.82) is 0 Å². The minimum atomic E-state index is -2.62. The number of nitrogens with one attached hydrogen (secondary N) is 1. The van der Waals surface area contributed by atoms with Gasteiger partial charge in [0.2, 0.25) is 11.0 Å². The largest absolute Gasteiger partial charge is 0.404 e. The van der Waals surface area contributed by atoms with E-state index in [4.69, 9.17) is 16.0 Å². The fraction of sp³-hybridized carbons (Fsp3) is 0.333. The topological polar surface area (TPSA) is 90.2 Å². The lowest BCUT2D eigenvalue weighted by Gasteiger charge is -2.48. The highest BCUT2D eigenvalue weighted by atomic mass is 35.5. The number of nitro groups is 1. The van der Waals surface area contributed by atoms with E-state index in [0.29, 0.717) is 0 Å². The van der Waals surface area contributed by atoms with Crippen LogP contribution < -0.4 is 15.7 Å². The molecule has 1 aromatic heterocycles. The van der Waals surface area contributed by atoms with Crippen molar-refractivity contribution >= 4 is 41.8 Å². The third-order valence-electron chi connectivity index (χ3n) is 6.16. The molecule has 0 aliphatic heterocycles. The first-order valence-electron chi connectivity index (χ1n) is 10.9. The molecule has 3 aromatic rings. The molecule has 4 rings (SSSR count). The van der Waals surface area contributed by atoms with Crippen molar-refractivity contribution < 1.29 is 9.35 Å². The van der Waals surface area contributed by atoms with Crippen LogP contribution in [0.5, 0.6) is 0 Å². The molecule has 0 radical (unpaired) electrons. The van der Waals surface area contributed by atoms with E-state index >= 15 is 0 Å². The fourth-order valence-electron chi connectivity index (χ4n) is 4.54. The minimum Gasteiger partial charge on any atom is -0.404 e. The van der Waals surface area contributed by atoms with Gasteiger partial charge < -0.3 is 9.74 Å². The van der Waals surface area contributed by atoms with Gasteiger partial charge in [0.1, 0.15) is 6.33 Å². The van der Waals surface area contributed by atoms with Gasteiger partial charge in [-0.3, -0.25) is 10.1 Å². The van der Waals surface area contributed by atoms with Gasteiger partial charge in [-0.05, 0) is 28.3 Å². The van der Waals surface area contributed by atoms with Crippen molar-refractivity contribution in [2.75, 3.05) is 5.32 Å². The van der Waals surface area contributed by atoms with Crippen LogP contribution in [0.3, 0.4) is 0 Å². The number of rotatable bonds is 7. The smallest absolute Gasteiger partial charge is 0.348 e. The average Bonchev–Trinajstić information content (AvgIpc) is 2.75.